The maximum absolute atomic E-state index is 10.8. The standard InChI is InChI=1S/C8H12N2O.C4H8BNO.C2H6/c1-6(7(2)11)3-8-4-9-5-10-8;1-4(2,6)3(5)7;1-2/h4-6H,3H2,1-2H3,(H,9,10);6H2,1-2H3;1-2H3. The molecule has 2 radical (unpaired) electrons. The summed E-state index contributed by atoms with van der Waals surface area (Å²) < 4.78 is 0. The normalized spacial score (nSPS) is 11.3. The van der Waals surface area contributed by atoms with Crippen LogP contribution in [0.15, 0.2) is 12.5 Å². The average Bonchev–Trinajstić information content (AvgIpc) is 2.84. The van der Waals surface area contributed by atoms with Crippen molar-refractivity contribution < 1.29 is 9.59 Å². The molecule has 0 amide bonds. The van der Waals surface area contributed by atoms with Crippen LogP contribution in [0.25, 0.3) is 0 Å². The predicted molar refractivity (Wildman–Crippen MR) is 82.5 cm³/mol. The largest absolute Gasteiger partial charge is 0.348 e. The number of Topliss-reactive ketones (excluding diaryl/α,β-unsaturated/α-hetero) is 1. The number of rotatable bonds is 4. The second-order valence-electron chi connectivity index (χ2n) is 4.88. The van der Waals surface area contributed by atoms with E-state index in [2.05, 4.69) is 9.97 Å². The highest BCUT2D eigenvalue weighted by molar-refractivity contribution is 6.59. The van der Waals surface area contributed by atoms with E-state index in [-0.39, 0.29) is 11.7 Å². The Labute approximate surface area is 123 Å². The number of carbonyl (C=O) groups is 2. The predicted octanol–water partition coefficient (Wildman–Crippen LogP) is 1.62. The van der Waals surface area contributed by atoms with Gasteiger partial charge in [-0.1, -0.05) is 20.8 Å². The molecule has 1 heterocycles. The molecule has 1 rings (SSSR count). The van der Waals surface area contributed by atoms with Crippen molar-refractivity contribution in [3.05, 3.63) is 18.2 Å². The van der Waals surface area contributed by atoms with E-state index in [0.717, 1.165) is 12.1 Å². The first-order chi connectivity index (χ1) is 9.14. The fraction of sp³-hybridized carbons (Fsp3) is 0.643. The van der Waals surface area contributed by atoms with Crippen LogP contribution < -0.4 is 5.73 Å². The van der Waals surface area contributed by atoms with E-state index in [1.54, 1.807) is 33.3 Å². The Kier molecular flexibility index (Phi) is 10.8. The van der Waals surface area contributed by atoms with Crippen LogP contribution in [0.2, 0.25) is 0 Å². The lowest BCUT2D eigenvalue weighted by Gasteiger charge is -2.12. The van der Waals surface area contributed by atoms with Crippen molar-refractivity contribution in [1.29, 1.82) is 0 Å². The summed E-state index contributed by atoms with van der Waals surface area (Å²) in [4.78, 5) is 27.8. The lowest BCUT2D eigenvalue weighted by atomic mass is 9.86. The fourth-order valence-electron chi connectivity index (χ4n) is 0.870. The van der Waals surface area contributed by atoms with Crippen molar-refractivity contribution >= 4 is 19.3 Å². The van der Waals surface area contributed by atoms with Crippen LogP contribution in [0.3, 0.4) is 0 Å². The molecular weight excluding hydrogens is 253 g/mol. The van der Waals surface area contributed by atoms with E-state index in [9.17, 15) is 9.59 Å². The minimum atomic E-state index is -0.861. The number of carbonyl (C=O) groups excluding carboxylic acids is 2. The van der Waals surface area contributed by atoms with Crippen LogP contribution in [-0.4, -0.2) is 34.8 Å². The third-order valence-electron chi connectivity index (χ3n) is 2.41. The highest BCUT2D eigenvalue weighted by atomic mass is 16.1. The van der Waals surface area contributed by atoms with E-state index in [0.29, 0.717) is 0 Å². The number of aromatic amines is 1. The van der Waals surface area contributed by atoms with Gasteiger partial charge in [0, 0.05) is 17.8 Å². The van der Waals surface area contributed by atoms with Crippen LogP contribution in [-0.2, 0) is 16.0 Å². The number of nitrogens with two attached hydrogens (primary N) is 1. The van der Waals surface area contributed by atoms with Crippen LogP contribution in [0.4, 0.5) is 0 Å². The zero-order valence-corrected chi connectivity index (χ0v) is 13.4. The quantitative estimate of drug-likeness (QED) is 0.820. The number of hydrogen-bond donors (Lipinski definition) is 2. The summed E-state index contributed by atoms with van der Waals surface area (Å²) in [5.74, 6) is 0.315. The molecule has 1 unspecified atom stereocenters. The van der Waals surface area contributed by atoms with E-state index in [1.807, 2.05) is 20.8 Å². The molecule has 3 N–H and O–H groups in total. The summed E-state index contributed by atoms with van der Waals surface area (Å²) in [6.45, 7) is 10.7. The second-order valence-corrected chi connectivity index (χ2v) is 4.88. The number of imidazole rings is 1. The van der Waals surface area contributed by atoms with Gasteiger partial charge in [0.25, 0.3) is 0 Å². The first-order valence-corrected chi connectivity index (χ1v) is 6.71. The van der Waals surface area contributed by atoms with Gasteiger partial charge in [0.2, 0.25) is 0 Å². The van der Waals surface area contributed by atoms with Crippen molar-refractivity contribution in [2.24, 2.45) is 11.7 Å². The van der Waals surface area contributed by atoms with Crippen molar-refractivity contribution in [2.75, 3.05) is 0 Å². The van der Waals surface area contributed by atoms with Crippen LogP contribution in [0.1, 0.15) is 47.2 Å². The zero-order chi connectivity index (χ0) is 16.3. The molecule has 112 valence electrons. The van der Waals surface area contributed by atoms with Gasteiger partial charge in [-0.05, 0) is 27.2 Å². The number of H-pyrrole nitrogens is 1. The van der Waals surface area contributed by atoms with Gasteiger partial charge in [0.05, 0.1) is 17.5 Å². The molecule has 0 aliphatic carbocycles. The lowest BCUT2D eigenvalue weighted by molar-refractivity contribution is -0.120. The first kappa shape index (κ1) is 20.9. The number of ketones is 1. The molecule has 20 heavy (non-hydrogen) atoms. The van der Waals surface area contributed by atoms with Crippen molar-refractivity contribution in [1.82, 2.24) is 9.97 Å². The Bertz CT molecular complexity index is 384. The molecule has 0 fully saturated rings. The summed E-state index contributed by atoms with van der Waals surface area (Å²) in [5, 5.41) is 0. The van der Waals surface area contributed by atoms with Crippen LogP contribution >= 0.6 is 0 Å². The second kappa shape index (κ2) is 10.4. The van der Waals surface area contributed by atoms with Gasteiger partial charge in [-0.3, -0.25) is 4.79 Å². The van der Waals surface area contributed by atoms with Gasteiger partial charge in [-0.15, -0.1) is 0 Å². The van der Waals surface area contributed by atoms with Gasteiger partial charge in [0.15, 0.2) is 7.85 Å². The summed E-state index contributed by atoms with van der Waals surface area (Å²) in [6, 6.07) is 0. The SMILES string of the molecule is CC.CC(=O)C(C)Cc1cnc[nH]1.[B]C(=O)C(C)(C)N. The molecule has 1 atom stereocenters. The monoisotopic (exact) mass is 279 g/mol. The lowest BCUT2D eigenvalue weighted by Crippen LogP contribution is -2.41. The zero-order valence-electron chi connectivity index (χ0n) is 13.4. The van der Waals surface area contributed by atoms with Gasteiger partial charge in [-0.2, -0.15) is 0 Å². The van der Waals surface area contributed by atoms with E-state index >= 15 is 0 Å². The fourth-order valence-corrected chi connectivity index (χ4v) is 0.870. The molecule has 0 saturated carbocycles. The van der Waals surface area contributed by atoms with Crippen molar-refractivity contribution in [3.63, 3.8) is 0 Å². The number of nitrogens with one attached hydrogen (secondary N) is 1. The van der Waals surface area contributed by atoms with Gasteiger partial charge in [0.1, 0.15) is 5.78 Å². The van der Waals surface area contributed by atoms with Crippen LogP contribution in [0, 0.1) is 5.92 Å². The molecular formula is C14H26BN3O2. The van der Waals surface area contributed by atoms with E-state index in [1.165, 1.54) is 0 Å². The van der Waals surface area contributed by atoms with E-state index < -0.39 is 11.2 Å². The number of nitrogens with zero attached hydrogens (tertiary/aromatic N) is 1. The molecule has 6 heteroatoms. The molecule has 0 aromatic carbocycles. The summed E-state index contributed by atoms with van der Waals surface area (Å²) in [5.41, 5.74) is 4.88. The van der Waals surface area contributed by atoms with Crippen LogP contribution in [0.5, 0.6) is 0 Å². The van der Waals surface area contributed by atoms with E-state index in [4.69, 9.17) is 13.6 Å². The molecule has 0 aliphatic heterocycles. The summed E-state index contributed by atoms with van der Waals surface area (Å²) in [6.07, 6.45) is 4.14. The first-order valence-electron chi connectivity index (χ1n) is 6.71. The molecule has 1 aromatic rings. The number of hydrogen-bond acceptors (Lipinski definition) is 4. The highest BCUT2D eigenvalue weighted by Gasteiger charge is 2.14. The molecule has 0 bridgehead atoms. The third kappa shape index (κ3) is 10.5. The van der Waals surface area contributed by atoms with Gasteiger partial charge in [-0.25, -0.2) is 4.98 Å². The molecule has 1 aromatic heterocycles. The minimum Gasteiger partial charge on any atom is -0.348 e. The smallest absolute Gasteiger partial charge is 0.170 e. The Hall–Kier alpha value is -1.43. The molecule has 0 spiro atoms. The Morgan fingerprint density at radius 3 is 2.15 bits per heavy atom. The molecule has 0 aliphatic rings. The summed E-state index contributed by atoms with van der Waals surface area (Å²) >= 11 is 0. The van der Waals surface area contributed by atoms with Crippen molar-refractivity contribution in [2.45, 2.75) is 53.5 Å². The third-order valence-corrected chi connectivity index (χ3v) is 2.41. The van der Waals surface area contributed by atoms with Crippen molar-refractivity contribution in [3.8, 4) is 0 Å². The Balaban J connectivity index is 0. The molecule has 5 nitrogen and oxygen atoms in total. The minimum absolute atomic E-state index is 0.0930. The maximum atomic E-state index is 10.8. The number of aromatic nitrogens is 2. The topological polar surface area (TPSA) is 88.8 Å². The molecule has 0 saturated heterocycles. The average molecular weight is 279 g/mol. The summed E-state index contributed by atoms with van der Waals surface area (Å²) in [7, 11) is 4.81. The van der Waals surface area contributed by atoms with Gasteiger partial charge >= 0.3 is 0 Å². The van der Waals surface area contributed by atoms with Gasteiger partial charge < -0.3 is 15.5 Å². The Morgan fingerprint density at radius 1 is 1.45 bits per heavy atom. The highest BCUT2D eigenvalue weighted by Crippen LogP contribution is 2.05. The Morgan fingerprint density at radius 2 is 1.90 bits per heavy atom. The maximum Gasteiger partial charge on any atom is 0.170 e.